The summed E-state index contributed by atoms with van der Waals surface area (Å²) in [4.78, 5) is 17.0. The summed E-state index contributed by atoms with van der Waals surface area (Å²) in [5.74, 6) is 1.36. The highest BCUT2D eigenvalue weighted by molar-refractivity contribution is 5.96. The van der Waals surface area contributed by atoms with E-state index in [0.717, 1.165) is 49.6 Å². The van der Waals surface area contributed by atoms with E-state index in [2.05, 4.69) is 16.1 Å². The molecule has 0 aliphatic carbocycles. The zero-order chi connectivity index (χ0) is 18.1. The number of ether oxygens (including phenoxy) is 1. The minimum Gasteiger partial charge on any atom is -0.380 e. The van der Waals surface area contributed by atoms with Crippen LogP contribution in [0.25, 0.3) is 0 Å². The van der Waals surface area contributed by atoms with Gasteiger partial charge in [-0.2, -0.15) is 0 Å². The number of aryl methyl sites for hydroxylation is 1. The van der Waals surface area contributed by atoms with Gasteiger partial charge in [0.1, 0.15) is 5.76 Å². The van der Waals surface area contributed by atoms with Crippen LogP contribution >= 0.6 is 0 Å². The standard InChI is InChI=1S/C20H25N3O3/c1-14-9-17(26-21-14)10-16-11-22(12-19(16)25-2)13-20(24)23-8-7-15-5-3-4-6-18(15)23/h3-6,9,16,19H,7-8,10-13H2,1-2H3/t16-,19+/m1/s1. The van der Waals surface area contributed by atoms with Crippen LogP contribution in [0.3, 0.4) is 0 Å². The van der Waals surface area contributed by atoms with Crippen LogP contribution in [0.5, 0.6) is 0 Å². The molecule has 0 radical (unpaired) electrons. The van der Waals surface area contributed by atoms with Gasteiger partial charge in [-0.05, 0) is 25.0 Å². The van der Waals surface area contributed by atoms with E-state index in [1.807, 2.05) is 36.1 Å². The molecule has 1 aromatic carbocycles. The second-order valence-electron chi connectivity index (χ2n) is 7.29. The fourth-order valence-electron chi connectivity index (χ4n) is 4.16. The van der Waals surface area contributed by atoms with Crippen molar-refractivity contribution in [3.8, 4) is 0 Å². The lowest BCUT2D eigenvalue weighted by Gasteiger charge is -2.21. The molecule has 2 aliphatic heterocycles. The Morgan fingerprint density at radius 1 is 1.35 bits per heavy atom. The van der Waals surface area contributed by atoms with Crippen LogP contribution in [0.4, 0.5) is 5.69 Å². The summed E-state index contributed by atoms with van der Waals surface area (Å²) in [7, 11) is 1.74. The highest BCUT2D eigenvalue weighted by Crippen LogP contribution is 2.29. The molecular weight excluding hydrogens is 330 g/mol. The first kappa shape index (κ1) is 17.2. The van der Waals surface area contributed by atoms with E-state index in [1.54, 1.807) is 7.11 Å². The molecule has 1 amide bonds. The van der Waals surface area contributed by atoms with Gasteiger partial charge in [0.15, 0.2) is 0 Å². The number of carbonyl (C=O) groups is 1. The molecule has 138 valence electrons. The topological polar surface area (TPSA) is 58.8 Å². The molecule has 1 saturated heterocycles. The fourth-order valence-corrected chi connectivity index (χ4v) is 4.16. The van der Waals surface area contributed by atoms with E-state index in [1.165, 1.54) is 5.56 Å². The molecular formula is C20H25N3O3. The van der Waals surface area contributed by atoms with Crippen molar-refractivity contribution in [1.29, 1.82) is 0 Å². The number of amides is 1. The summed E-state index contributed by atoms with van der Waals surface area (Å²) < 4.78 is 11.0. The maximum absolute atomic E-state index is 12.8. The largest absolute Gasteiger partial charge is 0.380 e. The fraction of sp³-hybridized carbons (Fsp3) is 0.500. The third-order valence-corrected chi connectivity index (χ3v) is 5.45. The zero-order valence-corrected chi connectivity index (χ0v) is 15.4. The highest BCUT2D eigenvalue weighted by Gasteiger charge is 2.36. The second-order valence-corrected chi connectivity index (χ2v) is 7.29. The lowest BCUT2D eigenvalue weighted by molar-refractivity contribution is -0.119. The number of nitrogens with zero attached hydrogens (tertiary/aromatic N) is 3. The molecule has 0 unspecified atom stereocenters. The van der Waals surface area contributed by atoms with E-state index in [-0.39, 0.29) is 12.0 Å². The van der Waals surface area contributed by atoms with Crippen molar-refractivity contribution in [1.82, 2.24) is 10.1 Å². The monoisotopic (exact) mass is 355 g/mol. The van der Waals surface area contributed by atoms with Crippen molar-refractivity contribution < 1.29 is 14.1 Å². The Morgan fingerprint density at radius 3 is 2.96 bits per heavy atom. The van der Waals surface area contributed by atoms with Crippen LogP contribution < -0.4 is 4.90 Å². The Labute approximate surface area is 153 Å². The summed E-state index contributed by atoms with van der Waals surface area (Å²) in [6.07, 6.45) is 1.84. The predicted molar refractivity (Wildman–Crippen MR) is 98.2 cm³/mol. The van der Waals surface area contributed by atoms with E-state index >= 15 is 0 Å². The molecule has 6 heteroatoms. The van der Waals surface area contributed by atoms with Gasteiger partial charge in [-0.1, -0.05) is 23.4 Å². The Balaban J connectivity index is 1.39. The lowest BCUT2D eigenvalue weighted by Crippen LogP contribution is -2.39. The Kier molecular flexibility index (Phi) is 4.78. The average molecular weight is 355 g/mol. The van der Waals surface area contributed by atoms with Gasteiger partial charge in [0.05, 0.1) is 18.3 Å². The van der Waals surface area contributed by atoms with E-state index in [0.29, 0.717) is 12.5 Å². The van der Waals surface area contributed by atoms with Crippen molar-refractivity contribution in [2.45, 2.75) is 25.9 Å². The molecule has 2 aromatic rings. The highest BCUT2D eigenvalue weighted by atomic mass is 16.5. The molecule has 2 aliphatic rings. The Bertz CT molecular complexity index is 788. The number of hydrogen-bond donors (Lipinski definition) is 0. The van der Waals surface area contributed by atoms with Crippen LogP contribution in [-0.4, -0.2) is 55.4 Å². The van der Waals surface area contributed by atoms with Crippen LogP contribution in [0.1, 0.15) is 17.0 Å². The third-order valence-electron chi connectivity index (χ3n) is 5.45. The maximum atomic E-state index is 12.8. The minimum atomic E-state index is 0.110. The van der Waals surface area contributed by atoms with E-state index < -0.39 is 0 Å². The zero-order valence-electron chi connectivity index (χ0n) is 15.4. The average Bonchev–Trinajstić information content (AvgIpc) is 3.33. The van der Waals surface area contributed by atoms with Crippen molar-refractivity contribution in [2.75, 3.05) is 38.2 Å². The normalized spacial score (nSPS) is 22.8. The molecule has 0 saturated carbocycles. The summed E-state index contributed by atoms with van der Waals surface area (Å²) in [6.45, 7) is 4.74. The lowest BCUT2D eigenvalue weighted by atomic mass is 10.0. The molecule has 0 bridgehead atoms. The molecule has 6 nitrogen and oxygen atoms in total. The number of rotatable bonds is 5. The van der Waals surface area contributed by atoms with Gasteiger partial charge in [0, 0.05) is 50.8 Å². The van der Waals surface area contributed by atoms with Gasteiger partial charge in [0.25, 0.3) is 0 Å². The quantitative estimate of drug-likeness (QED) is 0.822. The molecule has 3 heterocycles. The van der Waals surface area contributed by atoms with Crippen LogP contribution in [0, 0.1) is 12.8 Å². The first-order valence-electron chi connectivity index (χ1n) is 9.19. The van der Waals surface area contributed by atoms with Gasteiger partial charge in [-0.25, -0.2) is 0 Å². The van der Waals surface area contributed by atoms with E-state index in [9.17, 15) is 4.79 Å². The Morgan fingerprint density at radius 2 is 2.19 bits per heavy atom. The number of methoxy groups -OCH3 is 1. The number of likely N-dealkylation sites (tertiary alicyclic amines) is 1. The molecule has 0 spiro atoms. The number of para-hydroxylation sites is 1. The van der Waals surface area contributed by atoms with Crippen molar-refractivity contribution in [3.63, 3.8) is 0 Å². The van der Waals surface area contributed by atoms with Crippen molar-refractivity contribution >= 4 is 11.6 Å². The Hall–Kier alpha value is -2.18. The molecule has 1 aromatic heterocycles. The third kappa shape index (κ3) is 3.39. The number of anilines is 1. The number of carbonyl (C=O) groups excluding carboxylic acids is 1. The minimum absolute atomic E-state index is 0.110. The van der Waals surface area contributed by atoms with Crippen molar-refractivity contribution in [2.24, 2.45) is 5.92 Å². The summed E-state index contributed by atoms with van der Waals surface area (Å²) >= 11 is 0. The SMILES string of the molecule is CO[C@H]1CN(CC(=O)N2CCc3ccccc32)C[C@H]1Cc1cc(C)no1. The number of hydrogen-bond acceptors (Lipinski definition) is 5. The first-order valence-corrected chi connectivity index (χ1v) is 9.19. The van der Waals surface area contributed by atoms with Gasteiger partial charge < -0.3 is 14.2 Å². The maximum Gasteiger partial charge on any atom is 0.241 e. The number of aromatic nitrogens is 1. The van der Waals surface area contributed by atoms with E-state index in [4.69, 9.17) is 9.26 Å². The molecule has 1 fully saturated rings. The van der Waals surface area contributed by atoms with Crippen molar-refractivity contribution in [3.05, 3.63) is 47.3 Å². The number of benzene rings is 1. The van der Waals surface area contributed by atoms with Gasteiger partial charge in [-0.15, -0.1) is 0 Å². The molecule has 26 heavy (non-hydrogen) atoms. The van der Waals surface area contributed by atoms with Crippen LogP contribution in [-0.2, 0) is 22.4 Å². The van der Waals surface area contributed by atoms with Crippen LogP contribution in [0.15, 0.2) is 34.9 Å². The van der Waals surface area contributed by atoms with Gasteiger partial charge in [0.2, 0.25) is 5.91 Å². The smallest absolute Gasteiger partial charge is 0.241 e. The number of fused-ring (bicyclic) bond motifs is 1. The van der Waals surface area contributed by atoms with Gasteiger partial charge >= 0.3 is 0 Å². The summed E-state index contributed by atoms with van der Waals surface area (Å²) in [6, 6.07) is 10.1. The van der Waals surface area contributed by atoms with Gasteiger partial charge in [-0.3, -0.25) is 9.69 Å². The molecule has 4 rings (SSSR count). The van der Waals surface area contributed by atoms with Crippen LogP contribution in [0.2, 0.25) is 0 Å². The summed E-state index contributed by atoms with van der Waals surface area (Å²) in [5, 5.41) is 3.96. The first-order chi connectivity index (χ1) is 12.6. The predicted octanol–water partition coefficient (Wildman–Crippen LogP) is 2.06. The second kappa shape index (κ2) is 7.21. The summed E-state index contributed by atoms with van der Waals surface area (Å²) in [5.41, 5.74) is 3.22. The molecule has 0 N–H and O–H groups in total. The molecule has 2 atom stereocenters.